The molecule has 3 unspecified atom stereocenters. The number of hydrogen-bond acceptors (Lipinski definition) is 3. The Kier molecular flexibility index (Phi) is 4.55. The predicted octanol–water partition coefficient (Wildman–Crippen LogP) is 1.84. The maximum absolute atomic E-state index is 12.8. The number of rotatable bonds is 3. The summed E-state index contributed by atoms with van der Waals surface area (Å²) in [5, 5.41) is 0. The lowest BCUT2D eigenvalue weighted by molar-refractivity contribution is -0.138. The van der Waals surface area contributed by atoms with E-state index in [2.05, 4.69) is 16.7 Å². The highest BCUT2D eigenvalue weighted by Crippen LogP contribution is 2.35. The maximum atomic E-state index is 12.8. The smallest absolute Gasteiger partial charge is 0.237 e. The number of likely N-dealkylation sites (tertiary alicyclic amines) is 2. The van der Waals surface area contributed by atoms with E-state index in [-0.39, 0.29) is 5.41 Å². The van der Waals surface area contributed by atoms with Gasteiger partial charge in [0.15, 0.2) is 0 Å². The van der Waals surface area contributed by atoms with Gasteiger partial charge in [0.1, 0.15) is 0 Å². The molecular weight excluding hydrogens is 262 g/mol. The predicted molar refractivity (Wildman–Crippen MR) is 84.9 cm³/mol. The maximum Gasteiger partial charge on any atom is 0.237 e. The minimum atomic E-state index is 0.218. The van der Waals surface area contributed by atoms with E-state index in [9.17, 15) is 4.79 Å². The molecule has 1 saturated carbocycles. The third-order valence-electron chi connectivity index (χ3n) is 6.05. The highest BCUT2D eigenvalue weighted by molar-refractivity contribution is 5.78. The molecule has 0 aromatic rings. The zero-order valence-corrected chi connectivity index (χ0v) is 13.5. The zero-order valence-electron chi connectivity index (χ0n) is 13.5. The summed E-state index contributed by atoms with van der Waals surface area (Å²) in [6.07, 6.45) is 8.91. The Hall–Kier alpha value is -0.610. The molecule has 3 aliphatic rings. The average molecular weight is 293 g/mol. The molecule has 1 amide bonds. The standard InChI is InChI=1S/C17H31N3O/c1-17(12-18)8-10-19(13-17)11-16(21)20-9-4-6-14-5-2-3-7-15(14)20/h14-15H,2-13,18H2,1H3. The highest BCUT2D eigenvalue weighted by Gasteiger charge is 2.38. The van der Waals surface area contributed by atoms with Gasteiger partial charge < -0.3 is 10.6 Å². The van der Waals surface area contributed by atoms with Crippen molar-refractivity contribution in [1.82, 2.24) is 9.80 Å². The summed E-state index contributed by atoms with van der Waals surface area (Å²) < 4.78 is 0. The van der Waals surface area contributed by atoms with E-state index in [1.54, 1.807) is 0 Å². The number of hydrogen-bond donors (Lipinski definition) is 1. The molecule has 4 heteroatoms. The third-order valence-corrected chi connectivity index (χ3v) is 6.05. The summed E-state index contributed by atoms with van der Waals surface area (Å²) >= 11 is 0. The van der Waals surface area contributed by atoms with Crippen LogP contribution in [0.2, 0.25) is 0 Å². The summed E-state index contributed by atoms with van der Waals surface area (Å²) in [7, 11) is 0. The number of carbonyl (C=O) groups is 1. The SMILES string of the molecule is CC1(CN)CCN(CC(=O)N2CCCC3CCCCC32)C1. The number of amides is 1. The van der Waals surface area contributed by atoms with Crippen LogP contribution in [-0.4, -0.2) is 54.5 Å². The van der Waals surface area contributed by atoms with Crippen LogP contribution in [0.1, 0.15) is 51.9 Å². The topological polar surface area (TPSA) is 49.6 Å². The summed E-state index contributed by atoms with van der Waals surface area (Å²) in [5.41, 5.74) is 6.09. The Bertz CT molecular complexity index is 384. The number of nitrogens with two attached hydrogens (primary N) is 1. The van der Waals surface area contributed by atoms with Crippen molar-refractivity contribution >= 4 is 5.91 Å². The van der Waals surface area contributed by atoms with Crippen LogP contribution in [0.5, 0.6) is 0 Å². The van der Waals surface area contributed by atoms with Crippen molar-refractivity contribution in [2.45, 2.75) is 57.9 Å². The van der Waals surface area contributed by atoms with Gasteiger partial charge in [0, 0.05) is 19.1 Å². The van der Waals surface area contributed by atoms with Crippen LogP contribution in [0.4, 0.5) is 0 Å². The number of fused-ring (bicyclic) bond motifs is 1. The van der Waals surface area contributed by atoms with Gasteiger partial charge in [0.2, 0.25) is 5.91 Å². The first-order valence-corrected chi connectivity index (χ1v) is 8.83. The van der Waals surface area contributed by atoms with E-state index in [1.165, 1.54) is 38.5 Å². The van der Waals surface area contributed by atoms with Crippen molar-refractivity contribution in [1.29, 1.82) is 0 Å². The molecule has 120 valence electrons. The third kappa shape index (κ3) is 3.26. The second-order valence-corrected chi connectivity index (χ2v) is 7.82. The molecule has 2 heterocycles. The van der Waals surface area contributed by atoms with Crippen molar-refractivity contribution in [2.75, 3.05) is 32.7 Å². The Morgan fingerprint density at radius 1 is 1.19 bits per heavy atom. The van der Waals surface area contributed by atoms with Crippen LogP contribution in [0.3, 0.4) is 0 Å². The second-order valence-electron chi connectivity index (χ2n) is 7.82. The van der Waals surface area contributed by atoms with E-state index in [4.69, 9.17) is 5.73 Å². The molecule has 2 saturated heterocycles. The van der Waals surface area contributed by atoms with Crippen molar-refractivity contribution in [3.05, 3.63) is 0 Å². The molecule has 4 nitrogen and oxygen atoms in total. The Morgan fingerprint density at radius 2 is 1.95 bits per heavy atom. The molecule has 0 bridgehead atoms. The lowest BCUT2D eigenvalue weighted by Gasteiger charge is -2.44. The normalized spacial score (nSPS) is 37.5. The fourth-order valence-corrected chi connectivity index (χ4v) is 4.64. The lowest BCUT2D eigenvalue weighted by atomic mass is 9.78. The number of nitrogens with zero attached hydrogens (tertiary/aromatic N) is 2. The summed E-state index contributed by atoms with van der Waals surface area (Å²) in [6, 6.07) is 0.545. The fraction of sp³-hybridized carbons (Fsp3) is 0.941. The van der Waals surface area contributed by atoms with Gasteiger partial charge in [-0.05, 0) is 56.5 Å². The van der Waals surface area contributed by atoms with E-state index < -0.39 is 0 Å². The summed E-state index contributed by atoms with van der Waals surface area (Å²) in [5.74, 6) is 1.15. The number of carbonyl (C=O) groups excluding carboxylic acids is 1. The van der Waals surface area contributed by atoms with Crippen LogP contribution >= 0.6 is 0 Å². The van der Waals surface area contributed by atoms with Crippen LogP contribution in [0.25, 0.3) is 0 Å². The molecule has 3 fully saturated rings. The molecule has 3 rings (SSSR count). The molecule has 0 spiro atoms. The molecular formula is C17H31N3O. The molecule has 3 atom stereocenters. The molecule has 0 aromatic heterocycles. The first kappa shape index (κ1) is 15.3. The average Bonchev–Trinajstić information content (AvgIpc) is 2.88. The fourth-order valence-electron chi connectivity index (χ4n) is 4.64. The van der Waals surface area contributed by atoms with Crippen LogP contribution in [0, 0.1) is 11.3 Å². The second kappa shape index (κ2) is 6.25. The van der Waals surface area contributed by atoms with Gasteiger partial charge in [-0.3, -0.25) is 9.69 Å². The summed E-state index contributed by atoms with van der Waals surface area (Å²) in [4.78, 5) is 17.3. The van der Waals surface area contributed by atoms with E-state index in [1.807, 2.05) is 0 Å². The van der Waals surface area contributed by atoms with Gasteiger partial charge in [-0.25, -0.2) is 0 Å². The Labute approximate surface area is 129 Å². The van der Waals surface area contributed by atoms with Gasteiger partial charge in [-0.1, -0.05) is 19.8 Å². The van der Waals surface area contributed by atoms with E-state index in [0.717, 1.165) is 38.5 Å². The van der Waals surface area contributed by atoms with Gasteiger partial charge in [0.25, 0.3) is 0 Å². The lowest BCUT2D eigenvalue weighted by Crippen LogP contribution is -2.52. The van der Waals surface area contributed by atoms with E-state index >= 15 is 0 Å². The Morgan fingerprint density at radius 3 is 2.71 bits per heavy atom. The molecule has 2 aliphatic heterocycles. The molecule has 21 heavy (non-hydrogen) atoms. The summed E-state index contributed by atoms with van der Waals surface area (Å²) in [6.45, 7) is 6.58. The molecule has 0 radical (unpaired) electrons. The van der Waals surface area contributed by atoms with Gasteiger partial charge in [-0.2, -0.15) is 0 Å². The van der Waals surface area contributed by atoms with Gasteiger partial charge in [-0.15, -0.1) is 0 Å². The van der Waals surface area contributed by atoms with Crippen molar-refractivity contribution in [2.24, 2.45) is 17.1 Å². The zero-order chi connectivity index (χ0) is 14.9. The van der Waals surface area contributed by atoms with Gasteiger partial charge >= 0.3 is 0 Å². The first-order valence-electron chi connectivity index (χ1n) is 8.83. The first-order chi connectivity index (χ1) is 10.1. The quantitative estimate of drug-likeness (QED) is 0.864. The van der Waals surface area contributed by atoms with Crippen molar-refractivity contribution in [3.8, 4) is 0 Å². The van der Waals surface area contributed by atoms with E-state index in [0.29, 0.717) is 18.5 Å². The minimum Gasteiger partial charge on any atom is -0.338 e. The van der Waals surface area contributed by atoms with Gasteiger partial charge in [0.05, 0.1) is 6.54 Å². The molecule has 2 N–H and O–H groups in total. The monoisotopic (exact) mass is 293 g/mol. The van der Waals surface area contributed by atoms with Crippen LogP contribution < -0.4 is 5.73 Å². The van der Waals surface area contributed by atoms with Crippen LogP contribution in [-0.2, 0) is 4.79 Å². The minimum absolute atomic E-state index is 0.218. The van der Waals surface area contributed by atoms with Crippen molar-refractivity contribution in [3.63, 3.8) is 0 Å². The van der Waals surface area contributed by atoms with Crippen LogP contribution in [0.15, 0.2) is 0 Å². The van der Waals surface area contributed by atoms with Crippen molar-refractivity contribution < 1.29 is 4.79 Å². The molecule has 0 aromatic carbocycles. The largest absolute Gasteiger partial charge is 0.338 e. The number of piperidine rings is 1. The Balaban J connectivity index is 1.57. The molecule has 1 aliphatic carbocycles. The highest BCUT2D eigenvalue weighted by atomic mass is 16.2.